The lowest BCUT2D eigenvalue weighted by atomic mass is 9.97. The zero-order valence-corrected chi connectivity index (χ0v) is 15.9. The maximum Gasteiger partial charge on any atom is 0.234 e. The largest absolute Gasteiger partial charge is 0.355 e. The molecule has 1 saturated carbocycles. The molecule has 1 aliphatic carbocycles. The van der Waals surface area contributed by atoms with Crippen molar-refractivity contribution in [2.75, 3.05) is 45.8 Å². The first kappa shape index (κ1) is 20.2. The highest BCUT2D eigenvalue weighted by Crippen LogP contribution is 2.17. The van der Waals surface area contributed by atoms with Crippen LogP contribution in [0.15, 0.2) is 0 Å². The summed E-state index contributed by atoms with van der Waals surface area (Å²) in [4.78, 5) is 28.5. The molecule has 144 valence electrons. The molecule has 6 heteroatoms. The van der Waals surface area contributed by atoms with Gasteiger partial charge in [0, 0.05) is 38.8 Å². The second kappa shape index (κ2) is 11.5. The first-order chi connectivity index (χ1) is 12.2. The van der Waals surface area contributed by atoms with Crippen molar-refractivity contribution < 1.29 is 9.59 Å². The molecule has 6 nitrogen and oxygen atoms in total. The number of nitrogens with zero attached hydrogens (tertiary/aromatic N) is 2. The highest BCUT2D eigenvalue weighted by Gasteiger charge is 2.21. The number of amides is 2. The van der Waals surface area contributed by atoms with Crippen LogP contribution in [0.3, 0.4) is 0 Å². The Hall–Kier alpha value is -1.14. The second-order valence-corrected chi connectivity index (χ2v) is 7.51. The Kier molecular flexibility index (Phi) is 9.26. The molecule has 2 amide bonds. The average molecular weight is 353 g/mol. The van der Waals surface area contributed by atoms with Crippen LogP contribution in [-0.4, -0.2) is 73.5 Å². The lowest BCUT2D eigenvalue weighted by Crippen LogP contribution is -2.52. The van der Waals surface area contributed by atoms with Gasteiger partial charge in [0.05, 0.1) is 13.1 Å². The monoisotopic (exact) mass is 352 g/mol. The summed E-state index contributed by atoms with van der Waals surface area (Å²) in [5.41, 5.74) is 0. The van der Waals surface area contributed by atoms with Gasteiger partial charge in [-0.3, -0.25) is 19.4 Å². The molecule has 25 heavy (non-hydrogen) atoms. The number of carbonyl (C=O) groups is 2. The highest BCUT2D eigenvalue weighted by molar-refractivity contribution is 5.78. The minimum atomic E-state index is 0.109. The standard InChI is InChI=1S/C19H36N4O2/c1-2-10-20-18(24)15-22-11-13-23(14-12-22)16-19(25)21-17-8-6-4-3-5-7-9-17/h17H,2-16H2,1H3,(H,20,24)(H,21,25). The van der Waals surface area contributed by atoms with E-state index in [2.05, 4.69) is 27.4 Å². The molecular formula is C19H36N4O2. The number of piperazine rings is 1. The summed E-state index contributed by atoms with van der Waals surface area (Å²) in [6, 6.07) is 0.372. The molecule has 2 rings (SSSR count). The van der Waals surface area contributed by atoms with E-state index in [-0.39, 0.29) is 11.8 Å². The summed E-state index contributed by atoms with van der Waals surface area (Å²) in [6.07, 6.45) is 9.67. The molecule has 1 saturated heterocycles. The molecule has 0 radical (unpaired) electrons. The van der Waals surface area contributed by atoms with Crippen LogP contribution >= 0.6 is 0 Å². The van der Waals surface area contributed by atoms with Crippen LogP contribution in [0.2, 0.25) is 0 Å². The van der Waals surface area contributed by atoms with E-state index in [1.54, 1.807) is 0 Å². The van der Waals surface area contributed by atoms with Gasteiger partial charge in [-0.2, -0.15) is 0 Å². The van der Waals surface area contributed by atoms with Crippen molar-refractivity contribution in [3.63, 3.8) is 0 Å². The average Bonchev–Trinajstić information content (AvgIpc) is 2.57. The summed E-state index contributed by atoms with van der Waals surface area (Å²) in [5, 5.41) is 6.16. The van der Waals surface area contributed by atoms with Crippen LogP contribution in [0.5, 0.6) is 0 Å². The summed E-state index contributed by atoms with van der Waals surface area (Å²) >= 11 is 0. The van der Waals surface area contributed by atoms with Crippen molar-refractivity contribution >= 4 is 11.8 Å². The predicted octanol–water partition coefficient (Wildman–Crippen LogP) is 1.36. The van der Waals surface area contributed by atoms with E-state index < -0.39 is 0 Å². The van der Waals surface area contributed by atoms with Crippen LogP contribution in [-0.2, 0) is 9.59 Å². The van der Waals surface area contributed by atoms with Crippen LogP contribution in [0.4, 0.5) is 0 Å². The fraction of sp³-hybridized carbons (Fsp3) is 0.895. The van der Waals surface area contributed by atoms with Crippen molar-refractivity contribution in [2.45, 2.75) is 64.3 Å². The van der Waals surface area contributed by atoms with E-state index in [1.807, 2.05) is 0 Å². The number of hydrogen-bond donors (Lipinski definition) is 2. The van der Waals surface area contributed by atoms with E-state index >= 15 is 0 Å². The lowest BCUT2D eigenvalue weighted by Gasteiger charge is -2.34. The predicted molar refractivity (Wildman–Crippen MR) is 100 cm³/mol. The Morgan fingerprint density at radius 3 is 1.92 bits per heavy atom. The van der Waals surface area contributed by atoms with Gasteiger partial charge in [-0.15, -0.1) is 0 Å². The van der Waals surface area contributed by atoms with Gasteiger partial charge in [0.25, 0.3) is 0 Å². The summed E-state index contributed by atoms with van der Waals surface area (Å²) < 4.78 is 0. The van der Waals surface area contributed by atoms with Crippen molar-refractivity contribution in [1.29, 1.82) is 0 Å². The van der Waals surface area contributed by atoms with Crippen LogP contribution in [0, 0.1) is 0 Å². The molecule has 1 heterocycles. The Labute approximate surface area is 152 Å². The third kappa shape index (κ3) is 8.19. The maximum atomic E-state index is 12.3. The fourth-order valence-corrected chi connectivity index (χ4v) is 3.71. The topological polar surface area (TPSA) is 64.7 Å². The van der Waals surface area contributed by atoms with Gasteiger partial charge in [-0.25, -0.2) is 0 Å². The zero-order chi connectivity index (χ0) is 17.9. The number of nitrogens with one attached hydrogen (secondary N) is 2. The lowest BCUT2D eigenvalue weighted by molar-refractivity contribution is -0.125. The molecule has 2 aliphatic rings. The molecular weight excluding hydrogens is 316 g/mol. The molecule has 2 fully saturated rings. The van der Waals surface area contributed by atoms with Gasteiger partial charge in [0.2, 0.25) is 11.8 Å². The van der Waals surface area contributed by atoms with E-state index in [4.69, 9.17) is 0 Å². The van der Waals surface area contributed by atoms with Gasteiger partial charge < -0.3 is 10.6 Å². The Morgan fingerprint density at radius 1 is 0.840 bits per heavy atom. The van der Waals surface area contributed by atoms with Gasteiger partial charge in [-0.05, 0) is 19.3 Å². The summed E-state index contributed by atoms with van der Waals surface area (Å²) in [7, 11) is 0. The third-order valence-corrected chi connectivity index (χ3v) is 5.24. The molecule has 2 N–H and O–H groups in total. The van der Waals surface area contributed by atoms with E-state index in [0.717, 1.165) is 52.0 Å². The number of hydrogen-bond acceptors (Lipinski definition) is 4. The van der Waals surface area contributed by atoms with Crippen molar-refractivity contribution in [3.05, 3.63) is 0 Å². The van der Waals surface area contributed by atoms with Crippen molar-refractivity contribution in [3.8, 4) is 0 Å². The summed E-state index contributed by atoms with van der Waals surface area (Å²) in [6.45, 7) is 7.21. The molecule has 0 bridgehead atoms. The van der Waals surface area contributed by atoms with Gasteiger partial charge in [-0.1, -0.05) is 39.0 Å². The third-order valence-electron chi connectivity index (χ3n) is 5.24. The van der Waals surface area contributed by atoms with Gasteiger partial charge >= 0.3 is 0 Å². The number of rotatable bonds is 7. The minimum Gasteiger partial charge on any atom is -0.355 e. The first-order valence-electron chi connectivity index (χ1n) is 10.2. The number of carbonyl (C=O) groups excluding carboxylic acids is 2. The minimum absolute atomic E-state index is 0.109. The van der Waals surface area contributed by atoms with Crippen molar-refractivity contribution in [2.24, 2.45) is 0 Å². The van der Waals surface area contributed by atoms with Crippen LogP contribution < -0.4 is 10.6 Å². The molecule has 1 aliphatic heterocycles. The zero-order valence-electron chi connectivity index (χ0n) is 15.9. The van der Waals surface area contributed by atoms with E-state index in [9.17, 15) is 9.59 Å². The molecule has 0 atom stereocenters. The van der Waals surface area contributed by atoms with Gasteiger partial charge in [0.1, 0.15) is 0 Å². The van der Waals surface area contributed by atoms with Crippen LogP contribution in [0.1, 0.15) is 58.3 Å². The van der Waals surface area contributed by atoms with Crippen molar-refractivity contribution in [1.82, 2.24) is 20.4 Å². The van der Waals surface area contributed by atoms with E-state index in [0.29, 0.717) is 19.1 Å². The van der Waals surface area contributed by atoms with Crippen LogP contribution in [0.25, 0.3) is 0 Å². The molecule has 0 aromatic rings. The second-order valence-electron chi connectivity index (χ2n) is 7.51. The smallest absolute Gasteiger partial charge is 0.234 e. The fourth-order valence-electron chi connectivity index (χ4n) is 3.71. The molecule has 0 unspecified atom stereocenters. The Bertz CT molecular complexity index is 400. The summed E-state index contributed by atoms with van der Waals surface area (Å²) in [5.74, 6) is 0.275. The normalized spacial score (nSPS) is 21.3. The first-order valence-corrected chi connectivity index (χ1v) is 10.2. The Morgan fingerprint density at radius 2 is 1.36 bits per heavy atom. The molecule has 0 spiro atoms. The Balaban J connectivity index is 1.62. The van der Waals surface area contributed by atoms with E-state index in [1.165, 1.54) is 32.1 Å². The van der Waals surface area contributed by atoms with Gasteiger partial charge in [0.15, 0.2) is 0 Å². The molecule has 0 aromatic carbocycles. The highest BCUT2D eigenvalue weighted by atomic mass is 16.2. The molecule has 0 aromatic heterocycles. The quantitative estimate of drug-likeness (QED) is 0.726. The maximum absolute atomic E-state index is 12.3. The SMILES string of the molecule is CCCNC(=O)CN1CCN(CC(=O)NC2CCCCCCC2)CC1.